The maximum absolute atomic E-state index is 8.74. The Morgan fingerprint density at radius 3 is 1.40 bits per heavy atom. The molecule has 1 aromatic carbocycles. The van der Waals surface area contributed by atoms with E-state index in [4.69, 9.17) is 17.5 Å². The third-order valence-corrected chi connectivity index (χ3v) is 2.02. The van der Waals surface area contributed by atoms with Crippen LogP contribution in [0.4, 0.5) is 0 Å². The molecule has 1 rings (SSSR count). The van der Waals surface area contributed by atoms with Crippen LogP contribution in [0.5, 0.6) is 0 Å². The van der Waals surface area contributed by atoms with Crippen molar-refractivity contribution in [3.63, 3.8) is 0 Å². The standard InChI is InChI=1S/C8H17.C6H6.Na.H2O4S/c1-3-5-7-8-6-4-2;1-2-4-6-5-3-1;;1-5(2,3)4/h1,3-8H2,2H3;1-6H;;(H2,1,2,3,4)/q-1;;+1;. The zero-order valence-corrected chi connectivity index (χ0v) is 15.3. The molecule has 0 aliphatic rings. The van der Waals surface area contributed by atoms with Crippen molar-refractivity contribution in [2.45, 2.75) is 45.4 Å². The summed E-state index contributed by atoms with van der Waals surface area (Å²) in [5.41, 5.74) is 0. The Bertz CT molecular complexity index is 314. The molecule has 6 heteroatoms. The summed E-state index contributed by atoms with van der Waals surface area (Å²) < 4.78 is 31.6. The van der Waals surface area contributed by atoms with E-state index in [9.17, 15) is 0 Å². The first kappa shape index (κ1) is 25.1. The van der Waals surface area contributed by atoms with Crippen LogP contribution in [0.3, 0.4) is 0 Å². The molecule has 4 nitrogen and oxygen atoms in total. The molecule has 2 N–H and O–H groups in total. The van der Waals surface area contributed by atoms with Gasteiger partial charge in [0, 0.05) is 0 Å². The molecular weight excluding hydrogens is 287 g/mol. The Labute approximate surface area is 145 Å². The van der Waals surface area contributed by atoms with Gasteiger partial charge in [0.15, 0.2) is 0 Å². The molecule has 0 atom stereocenters. The Morgan fingerprint density at radius 2 is 1.15 bits per heavy atom. The predicted molar refractivity (Wildman–Crippen MR) is 79.4 cm³/mol. The third kappa shape index (κ3) is 43.0. The van der Waals surface area contributed by atoms with E-state index in [0.29, 0.717) is 0 Å². The second kappa shape index (κ2) is 19.1. The normalized spacial score (nSPS) is 9.20. The minimum absolute atomic E-state index is 0. The van der Waals surface area contributed by atoms with Crippen LogP contribution in [0.15, 0.2) is 36.4 Å². The van der Waals surface area contributed by atoms with Crippen molar-refractivity contribution in [3.8, 4) is 0 Å². The van der Waals surface area contributed by atoms with Gasteiger partial charge < -0.3 is 6.92 Å². The van der Waals surface area contributed by atoms with Crippen molar-refractivity contribution in [2.24, 2.45) is 0 Å². The van der Waals surface area contributed by atoms with Gasteiger partial charge in [-0.3, -0.25) is 9.11 Å². The number of unbranched alkanes of at least 4 members (excludes halogenated alkanes) is 5. The first-order valence-electron chi connectivity index (χ1n) is 6.41. The van der Waals surface area contributed by atoms with Gasteiger partial charge in [0.25, 0.3) is 0 Å². The Balaban J connectivity index is -0.000000217. The Hall–Kier alpha value is 0.0900. The zero-order valence-electron chi connectivity index (χ0n) is 12.5. The van der Waals surface area contributed by atoms with Crippen molar-refractivity contribution in [2.75, 3.05) is 0 Å². The summed E-state index contributed by atoms with van der Waals surface area (Å²) in [7, 11) is -4.67. The molecule has 0 spiro atoms. The molecule has 0 heterocycles. The van der Waals surface area contributed by atoms with E-state index in [2.05, 4.69) is 13.8 Å². The van der Waals surface area contributed by atoms with E-state index in [1.807, 2.05) is 36.4 Å². The topological polar surface area (TPSA) is 74.6 Å². The molecule has 112 valence electrons. The van der Waals surface area contributed by atoms with Crippen LogP contribution in [-0.4, -0.2) is 17.5 Å². The van der Waals surface area contributed by atoms with Crippen LogP contribution in [0.2, 0.25) is 0 Å². The van der Waals surface area contributed by atoms with Gasteiger partial charge in [-0.15, -0.1) is 0 Å². The van der Waals surface area contributed by atoms with Crippen LogP contribution >= 0.6 is 0 Å². The number of hydrogen-bond acceptors (Lipinski definition) is 2. The fourth-order valence-corrected chi connectivity index (χ4v) is 1.17. The maximum atomic E-state index is 8.74. The third-order valence-electron chi connectivity index (χ3n) is 2.02. The van der Waals surface area contributed by atoms with Crippen molar-refractivity contribution in [1.82, 2.24) is 0 Å². The molecule has 0 amide bonds. The van der Waals surface area contributed by atoms with Gasteiger partial charge in [-0.2, -0.15) is 14.8 Å². The summed E-state index contributed by atoms with van der Waals surface area (Å²) in [6, 6.07) is 12.0. The van der Waals surface area contributed by atoms with Crippen LogP contribution in [-0.2, 0) is 10.4 Å². The molecule has 1 aromatic rings. The van der Waals surface area contributed by atoms with Crippen LogP contribution in [0, 0.1) is 6.92 Å². The van der Waals surface area contributed by atoms with Crippen LogP contribution in [0.25, 0.3) is 0 Å². The second-order valence-corrected chi connectivity index (χ2v) is 4.77. The number of benzene rings is 1. The van der Waals surface area contributed by atoms with Crippen molar-refractivity contribution >= 4 is 10.4 Å². The van der Waals surface area contributed by atoms with E-state index in [-0.39, 0.29) is 29.6 Å². The largest absolute Gasteiger partial charge is 1.00 e. The van der Waals surface area contributed by atoms with E-state index >= 15 is 0 Å². The van der Waals surface area contributed by atoms with E-state index in [0.717, 1.165) is 6.42 Å². The molecule has 0 unspecified atom stereocenters. The monoisotopic (exact) mass is 312 g/mol. The zero-order chi connectivity index (χ0) is 15.0. The molecular formula is C14H25NaO4S. The predicted octanol–water partition coefficient (Wildman–Crippen LogP) is 1.22. The molecule has 0 saturated carbocycles. The fourth-order valence-electron chi connectivity index (χ4n) is 1.17. The minimum atomic E-state index is -4.67. The molecule has 0 aliphatic carbocycles. The Kier molecular flexibility index (Phi) is 23.9. The summed E-state index contributed by atoms with van der Waals surface area (Å²) in [6.45, 7) is 6.02. The van der Waals surface area contributed by atoms with E-state index in [1.54, 1.807) is 0 Å². The van der Waals surface area contributed by atoms with Gasteiger partial charge in [-0.25, -0.2) is 0 Å². The van der Waals surface area contributed by atoms with Crippen molar-refractivity contribution in [3.05, 3.63) is 43.3 Å². The smallest absolute Gasteiger partial charge is 0.343 e. The molecule has 0 aliphatic heterocycles. The van der Waals surface area contributed by atoms with Crippen LogP contribution in [0.1, 0.15) is 45.4 Å². The van der Waals surface area contributed by atoms with Gasteiger partial charge in [0.05, 0.1) is 0 Å². The second-order valence-electron chi connectivity index (χ2n) is 3.87. The van der Waals surface area contributed by atoms with Crippen molar-refractivity contribution in [1.29, 1.82) is 0 Å². The Morgan fingerprint density at radius 1 is 0.850 bits per heavy atom. The van der Waals surface area contributed by atoms with Gasteiger partial charge in [-0.05, 0) is 0 Å². The summed E-state index contributed by atoms with van der Waals surface area (Å²) in [5.74, 6) is 0. The molecule has 0 aromatic heterocycles. The number of rotatable bonds is 5. The summed E-state index contributed by atoms with van der Waals surface area (Å²) in [5, 5.41) is 0. The fraction of sp³-hybridized carbons (Fsp3) is 0.500. The molecule has 0 fully saturated rings. The molecule has 0 radical (unpaired) electrons. The SMILES string of the molecule is O=S(=O)(O)O.[CH2-]CCCCCCC.[Na+].c1ccccc1. The quantitative estimate of drug-likeness (QED) is 0.371. The molecule has 20 heavy (non-hydrogen) atoms. The van der Waals surface area contributed by atoms with Crippen LogP contribution < -0.4 is 29.6 Å². The van der Waals surface area contributed by atoms with Gasteiger partial charge in [0.1, 0.15) is 0 Å². The first-order valence-corrected chi connectivity index (χ1v) is 7.80. The average Bonchev–Trinajstić information content (AvgIpc) is 2.36. The summed E-state index contributed by atoms with van der Waals surface area (Å²) in [6.07, 6.45) is 7.98. The molecule has 0 bridgehead atoms. The first-order chi connectivity index (χ1) is 8.91. The average molecular weight is 312 g/mol. The number of hydrogen-bond donors (Lipinski definition) is 2. The summed E-state index contributed by atoms with van der Waals surface area (Å²) in [4.78, 5) is 0. The molecule has 0 saturated heterocycles. The minimum Gasteiger partial charge on any atom is -0.343 e. The van der Waals surface area contributed by atoms with E-state index < -0.39 is 10.4 Å². The summed E-state index contributed by atoms with van der Waals surface area (Å²) >= 11 is 0. The maximum Gasteiger partial charge on any atom is 1.00 e. The van der Waals surface area contributed by atoms with Gasteiger partial charge in [-0.1, -0.05) is 75.4 Å². The van der Waals surface area contributed by atoms with Gasteiger partial charge >= 0.3 is 40.0 Å². The van der Waals surface area contributed by atoms with Gasteiger partial charge in [0.2, 0.25) is 0 Å². The van der Waals surface area contributed by atoms with Crippen molar-refractivity contribution < 1.29 is 47.1 Å². The van der Waals surface area contributed by atoms with E-state index in [1.165, 1.54) is 32.1 Å².